The third-order valence-corrected chi connectivity index (χ3v) is 3.84. The Labute approximate surface area is 141 Å². The lowest BCUT2D eigenvalue weighted by Gasteiger charge is -2.07. The molecule has 0 atom stereocenters. The monoisotopic (exact) mass is 320 g/mol. The zero-order chi connectivity index (χ0) is 16.8. The Kier molecular flexibility index (Phi) is 4.96. The molecule has 1 N–H and O–H groups in total. The van der Waals surface area contributed by atoms with Gasteiger partial charge in [-0.05, 0) is 23.3 Å². The first-order chi connectivity index (χ1) is 11.8. The van der Waals surface area contributed by atoms with Crippen LogP contribution in [0.3, 0.4) is 0 Å². The van der Waals surface area contributed by atoms with E-state index >= 15 is 0 Å². The second-order valence-electron chi connectivity index (χ2n) is 5.50. The minimum Gasteiger partial charge on any atom is -0.504 e. The van der Waals surface area contributed by atoms with Crippen molar-refractivity contribution in [2.75, 3.05) is 7.11 Å². The van der Waals surface area contributed by atoms with E-state index in [1.165, 1.54) is 6.20 Å². The molecule has 0 amide bonds. The molecule has 4 nitrogen and oxygen atoms in total. The Morgan fingerprint density at radius 2 is 1.83 bits per heavy atom. The second-order valence-corrected chi connectivity index (χ2v) is 5.50. The molecule has 0 radical (unpaired) electrons. The van der Waals surface area contributed by atoms with Crippen LogP contribution in [-0.4, -0.2) is 22.0 Å². The van der Waals surface area contributed by atoms with Gasteiger partial charge in [-0.2, -0.15) is 5.10 Å². The van der Waals surface area contributed by atoms with Crippen LogP contribution in [-0.2, 0) is 13.0 Å². The van der Waals surface area contributed by atoms with Crippen molar-refractivity contribution in [1.82, 2.24) is 9.78 Å². The van der Waals surface area contributed by atoms with Crippen LogP contribution < -0.4 is 4.74 Å². The summed E-state index contributed by atoms with van der Waals surface area (Å²) in [7, 11) is 1.65. The molecule has 0 bridgehead atoms. The zero-order valence-corrected chi connectivity index (χ0v) is 13.6. The van der Waals surface area contributed by atoms with Gasteiger partial charge in [-0.25, -0.2) is 0 Å². The largest absolute Gasteiger partial charge is 0.504 e. The number of methoxy groups -OCH3 is 1. The fourth-order valence-corrected chi connectivity index (χ4v) is 2.52. The first kappa shape index (κ1) is 15.9. The Morgan fingerprint density at radius 1 is 1.08 bits per heavy atom. The van der Waals surface area contributed by atoms with E-state index in [1.807, 2.05) is 71.4 Å². The van der Waals surface area contributed by atoms with Crippen molar-refractivity contribution >= 4 is 6.08 Å². The fourth-order valence-electron chi connectivity index (χ4n) is 2.52. The molecule has 24 heavy (non-hydrogen) atoms. The number of rotatable bonds is 6. The predicted octanol–water partition coefficient (Wildman–Crippen LogP) is 3.90. The number of benzene rings is 2. The topological polar surface area (TPSA) is 47.3 Å². The maximum atomic E-state index is 10.1. The van der Waals surface area contributed by atoms with Crippen LogP contribution in [0.15, 0.2) is 66.9 Å². The third-order valence-electron chi connectivity index (χ3n) is 3.84. The van der Waals surface area contributed by atoms with Crippen LogP contribution in [0, 0.1) is 0 Å². The molecule has 0 spiro atoms. The summed E-state index contributed by atoms with van der Waals surface area (Å²) >= 11 is 0. The minimum atomic E-state index is 0.223. The van der Waals surface area contributed by atoms with Gasteiger partial charge in [0.1, 0.15) is 5.75 Å². The summed E-state index contributed by atoms with van der Waals surface area (Å²) in [5.74, 6) is 1.05. The molecule has 0 unspecified atom stereocenters. The summed E-state index contributed by atoms with van der Waals surface area (Å²) in [5, 5.41) is 14.3. The lowest BCUT2D eigenvalue weighted by Crippen LogP contribution is -2.05. The van der Waals surface area contributed by atoms with Crippen molar-refractivity contribution in [3.63, 3.8) is 0 Å². The van der Waals surface area contributed by atoms with Crippen LogP contribution >= 0.6 is 0 Å². The highest BCUT2D eigenvalue weighted by Gasteiger charge is 2.09. The van der Waals surface area contributed by atoms with Crippen LogP contribution in [0.2, 0.25) is 0 Å². The molecule has 3 rings (SSSR count). The molecule has 0 aliphatic carbocycles. The van der Waals surface area contributed by atoms with Gasteiger partial charge in [0, 0.05) is 6.42 Å². The Balaban J connectivity index is 1.72. The molecule has 0 aliphatic heterocycles. The summed E-state index contributed by atoms with van der Waals surface area (Å²) in [6.45, 7) is 0.610. The van der Waals surface area contributed by atoms with Gasteiger partial charge in [-0.3, -0.25) is 4.68 Å². The van der Waals surface area contributed by atoms with Gasteiger partial charge < -0.3 is 9.84 Å². The number of aromatic hydroxyl groups is 1. The van der Waals surface area contributed by atoms with Crippen molar-refractivity contribution in [2.24, 2.45) is 0 Å². The van der Waals surface area contributed by atoms with E-state index in [9.17, 15) is 5.11 Å². The average Bonchev–Trinajstić information content (AvgIpc) is 2.97. The predicted molar refractivity (Wildman–Crippen MR) is 95.2 cm³/mol. The lowest BCUT2D eigenvalue weighted by atomic mass is 10.1. The van der Waals surface area contributed by atoms with E-state index in [1.54, 1.807) is 7.11 Å². The normalized spacial score (nSPS) is 11.0. The van der Waals surface area contributed by atoms with Crippen molar-refractivity contribution in [3.05, 3.63) is 83.7 Å². The van der Waals surface area contributed by atoms with Gasteiger partial charge in [0.25, 0.3) is 0 Å². The fraction of sp³-hybridized carbons (Fsp3) is 0.150. The molecule has 1 heterocycles. The van der Waals surface area contributed by atoms with E-state index in [4.69, 9.17) is 4.74 Å². The Morgan fingerprint density at radius 3 is 2.54 bits per heavy atom. The third kappa shape index (κ3) is 3.84. The number of nitrogens with zero attached hydrogens (tertiary/aromatic N) is 2. The summed E-state index contributed by atoms with van der Waals surface area (Å²) in [5.41, 5.74) is 3.04. The molecular weight excluding hydrogens is 300 g/mol. The molecule has 0 saturated carbocycles. The smallest absolute Gasteiger partial charge is 0.157 e. The van der Waals surface area contributed by atoms with Gasteiger partial charge in [-0.15, -0.1) is 0 Å². The molecule has 3 aromatic rings. The minimum absolute atomic E-state index is 0.223. The van der Waals surface area contributed by atoms with E-state index in [0.29, 0.717) is 13.0 Å². The van der Waals surface area contributed by atoms with Crippen molar-refractivity contribution in [1.29, 1.82) is 0 Å². The van der Waals surface area contributed by atoms with Gasteiger partial charge in [0.05, 0.1) is 25.5 Å². The van der Waals surface area contributed by atoms with E-state index in [0.717, 1.165) is 22.6 Å². The maximum Gasteiger partial charge on any atom is 0.157 e. The van der Waals surface area contributed by atoms with E-state index in [2.05, 4.69) is 5.10 Å². The second kappa shape index (κ2) is 7.51. The highest BCUT2D eigenvalue weighted by atomic mass is 16.5. The highest BCUT2D eigenvalue weighted by Crippen LogP contribution is 2.20. The summed E-state index contributed by atoms with van der Waals surface area (Å²) < 4.78 is 7.00. The van der Waals surface area contributed by atoms with Crippen molar-refractivity contribution in [2.45, 2.75) is 13.0 Å². The number of hydrogen-bond donors (Lipinski definition) is 1. The van der Waals surface area contributed by atoms with Crippen LogP contribution in [0.5, 0.6) is 11.5 Å². The summed E-state index contributed by atoms with van der Waals surface area (Å²) in [6.07, 6.45) is 6.20. The highest BCUT2D eigenvalue weighted by molar-refractivity contribution is 5.49. The zero-order valence-electron chi connectivity index (χ0n) is 13.6. The first-order valence-corrected chi connectivity index (χ1v) is 7.84. The van der Waals surface area contributed by atoms with Gasteiger partial charge >= 0.3 is 0 Å². The molecule has 0 saturated heterocycles. The van der Waals surface area contributed by atoms with Crippen molar-refractivity contribution in [3.8, 4) is 11.5 Å². The summed E-state index contributed by atoms with van der Waals surface area (Å²) in [4.78, 5) is 0. The molecule has 1 aromatic heterocycles. The van der Waals surface area contributed by atoms with Crippen LogP contribution in [0.4, 0.5) is 0 Å². The Hall–Kier alpha value is -3.01. The SMILES string of the molecule is COc1ccc(Cn2ncc(O)c2C/C=C/c2ccccc2)cc1. The van der Waals surface area contributed by atoms with Crippen molar-refractivity contribution < 1.29 is 9.84 Å². The standard InChI is InChI=1S/C20H20N2O2/c1-24-18-12-10-17(11-13-18)15-22-19(20(23)14-21-22)9-5-8-16-6-3-2-4-7-16/h2-8,10-14,23H,9,15H2,1H3/b8-5+. The molecule has 0 fully saturated rings. The van der Waals surface area contributed by atoms with Gasteiger partial charge in [0.2, 0.25) is 0 Å². The number of ether oxygens (including phenoxy) is 1. The Bertz CT molecular complexity index is 805. The molecule has 4 heteroatoms. The first-order valence-electron chi connectivity index (χ1n) is 7.84. The summed E-state index contributed by atoms with van der Waals surface area (Å²) in [6, 6.07) is 17.9. The number of hydrogen-bond acceptors (Lipinski definition) is 3. The van der Waals surface area contributed by atoms with Gasteiger partial charge in [-0.1, -0.05) is 54.6 Å². The quantitative estimate of drug-likeness (QED) is 0.749. The molecular formula is C20H20N2O2. The number of allylic oxidation sites excluding steroid dienone is 1. The number of aromatic nitrogens is 2. The molecule has 2 aromatic carbocycles. The van der Waals surface area contributed by atoms with E-state index < -0.39 is 0 Å². The van der Waals surface area contributed by atoms with Crippen LogP contribution in [0.1, 0.15) is 16.8 Å². The lowest BCUT2D eigenvalue weighted by molar-refractivity contribution is 0.414. The molecule has 0 aliphatic rings. The van der Waals surface area contributed by atoms with E-state index in [-0.39, 0.29) is 5.75 Å². The molecule has 122 valence electrons. The average molecular weight is 320 g/mol. The maximum absolute atomic E-state index is 10.1. The van der Waals surface area contributed by atoms with Crippen LogP contribution in [0.25, 0.3) is 6.08 Å². The van der Waals surface area contributed by atoms with Gasteiger partial charge in [0.15, 0.2) is 5.75 Å².